The minimum absolute atomic E-state index is 0.0204. The number of methoxy groups -OCH3 is 3. The van der Waals surface area contributed by atoms with Gasteiger partial charge in [0.15, 0.2) is 11.5 Å². The minimum Gasteiger partial charge on any atom is -0.497 e. The van der Waals surface area contributed by atoms with Crippen LogP contribution in [0.4, 0.5) is 0 Å². The molecule has 1 fully saturated rings. The van der Waals surface area contributed by atoms with Crippen molar-refractivity contribution in [1.82, 2.24) is 10.2 Å². The fourth-order valence-corrected chi connectivity index (χ4v) is 5.85. The molecule has 0 bridgehead atoms. The molecule has 3 aliphatic rings. The van der Waals surface area contributed by atoms with Crippen molar-refractivity contribution in [3.63, 3.8) is 0 Å². The molecule has 1 saturated carbocycles. The summed E-state index contributed by atoms with van der Waals surface area (Å²) in [5.74, 6) is 0.479. The molecule has 3 N–H and O–H groups in total. The highest BCUT2D eigenvalue weighted by atomic mass is 16.5. The Morgan fingerprint density at radius 2 is 1.86 bits per heavy atom. The van der Waals surface area contributed by atoms with Gasteiger partial charge in [0.2, 0.25) is 11.8 Å². The zero-order valence-corrected chi connectivity index (χ0v) is 23.9. The molecule has 1 heterocycles. The number of hydrogen-bond donors (Lipinski definition) is 3. The molecule has 5 rings (SSSR count). The fourth-order valence-electron chi connectivity index (χ4n) is 5.85. The third-order valence-electron chi connectivity index (χ3n) is 8.09. The van der Waals surface area contributed by atoms with Gasteiger partial charge in [0.1, 0.15) is 30.0 Å². The van der Waals surface area contributed by atoms with Gasteiger partial charge in [-0.15, -0.1) is 0 Å². The Hall–Kier alpha value is -4.09. The normalized spacial score (nSPS) is 22.2. The Morgan fingerprint density at radius 3 is 2.50 bits per heavy atom. The van der Waals surface area contributed by atoms with E-state index in [-0.39, 0.29) is 37.1 Å². The molecule has 0 spiro atoms. The van der Waals surface area contributed by atoms with Crippen molar-refractivity contribution >= 4 is 18.1 Å². The molecule has 0 radical (unpaired) electrons. The average Bonchev–Trinajstić information content (AvgIpc) is 3.80. The molecule has 2 aliphatic carbocycles. The summed E-state index contributed by atoms with van der Waals surface area (Å²) in [6.07, 6.45) is 2.10. The molecule has 4 unspecified atom stereocenters. The van der Waals surface area contributed by atoms with Gasteiger partial charge in [0, 0.05) is 35.7 Å². The number of benzene rings is 2. The van der Waals surface area contributed by atoms with Crippen molar-refractivity contribution in [1.29, 1.82) is 0 Å². The van der Waals surface area contributed by atoms with Gasteiger partial charge in [-0.3, -0.25) is 14.4 Å². The van der Waals surface area contributed by atoms with Crippen LogP contribution in [0, 0.1) is 5.92 Å². The van der Waals surface area contributed by atoms with E-state index in [0.717, 1.165) is 18.4 Å². The van der Waals surface area contributed by atoms with E-state index in [1.54, 1.807) is 43.4 Å². The van der Waals surface area contributed by atoms with E-state index >= 15 is 0 Å². The summed E-state index contributed by atoms with van der Waals surface area (Å²) in [5, 5.41) is 23.8. The van der Waals surface area contributed by atoms with Gasteiger partial charge >= 0.3 is 0 Å². The number of rotatable bonds is 12. The first-order chi connectivity index (χ1) is 20.3. The third kappa shape index (κ3) is 5.54. The Bertz CT molecular complexity index is 1390. The van der Waals surface area contributed by atoms with Crippen LogP contribution in [0.5, 0.6) is 23.0 Å². The molecule has 4 atom stereocenters. The maximum atomic E-state index is 13.7. The summed E-state index contributed by atoms with van der Waals surface area (Å²) >= 11 is 0. The van der Waals surface area contributed by atoms with Gasteiger partial charge in [0.25, 0.3) is 0 Å². The van der Waals surface area contributed by atoms with Crippen molar-refractivity contribution in [3.8, 4) is 23.0 Å². The zero-order chi connectivity index (χ0) is 30.0. The first kappa shape index (κ1) is 29.4. The second-order valence-corrected chi connectivity index (χ2v) is 10.6. The smallest absolute Gasteiger partial charge is 0.247 e. The van der Waals surface area contributed by atoms with E-state index in [2.05, 4.69) is 5.32 Å². The van der Waals surface area contributed by atoms with Gasteiger partial charge in [-0.25, -0.2) is 0 Å². The minimum atomic E-state index is -1.20. The lowest BCUT2D eigenvalue weighted by Gasteiger charge is -2.41. The molecule has 2 aromatic rings. The summed E-state index contributed by atoms with van der Waals surface area (Å²) < 4.78 is 22.6. The third-order valence-corrected chi connectivity index (χ3v) is 8.09. The number of carbonyl (C=O) groups excluding carboxylic acids is 3. The Morgan fingerprint density at radius 1 is 1.10 bits per heavy atom. The Labute approximate surface area is 244 Å². The summed E-state index contributed by atoms with van der Waals surface area (Å²) in [5.41, 5.74) is 1.97. The quantitative estimate of drug-likeness (QED) is 0.319. The molecular weight excluding hydrogens is 544 g/mol. The number of carbonyl (C=O) groups is 3. The standard InChI is InChI=1S/C31H36N2O9/c1-39-20-6-7-24(40-2)19(14-20)8-10-33(31(38)18-4-5-18)23-15-22(30(37)32-9-11-34)26-21-12-17(16-35)13-25(41-3)28(21)42-29(26)27(23)36/h6-7,12-16,18,23,26-27,29,34,36H,4-5,8-11H2,1-3H3,(H,32,37). The van der Waals surface area contributed by atoms with E-state index in [4.69, 9.17) is 18.9 Å². The van der Waals surface area contributed by atoms with Gasteiger partial charge in [-0.1, -0.05) is 0 Å². The van der Waals surface area contributed by atoms with Crippen molar-refractivity contribution in [2.45, 2.75) is 43.4 Å². The first-order valence-corrected chi connectivity index (χ1v) is 14.0. The predicted molar refractivity (Wildman–Crippen MR) is 151 cm³/mol. The largest absolute Gasteiger partial charge is 0.497 e. The predicted octanol–water partition coefficient (Wildman–Crippen LogP) is 1.63. The van der Waals surface area contributed by atoms with Gasteiger partial charge in [-0.05, 0) is 61.2 Å². The number of aliphatic hydroxyl groups excluding tert-OH is 2. The van der Waals surface area contributed by atoms with Crippen molar-refractivity contribution in [2.75, 3.05) is 41.0 Å². The highest BCUT2D eigenvalue weighted by Crippen LogP contribution is 2.51. The first-order valence-electron chi connectivity index (χ1n) is 14.0. The lowest BCUT2D eigenvalue weighted by atomic mass is 9.77. The average molecular weight is 581 g/mol. The van der Waals surface area contributed by atoms with Crippen molar-refractivity contribution in [3.05, 3.63) is 58.7 Å². The fraction of sp³-hybridized carbons (Fsp3) is 0.452. The number of aldehydes is 1. The lowest BCUT2D eigenvalue weighted by Crippen LogP contribution is -2.56. The molecule has 42 heavy (non-hydrogen) atoms. The topological polar surface area (TPSA) is 144 Å². The van der Waals surface area contributed by atoms with Crippen LogP contribution in [0.3, 0.4) is 0 Å². The molecular formula is C31H36N2O9. The number of amides is 2. The maximum Gasteiger partial charge on any atom is 0.247 e. The zero-order valence-electron chi connectivity index (χ0n) is 23.9. The van der Waals surface area contributed by atoms with Gasteiger partial charge in [0.05, 0.1) is 39.9 Å². The van der Waals surface area contributed by atoms with Crippen LogP contribution < -0.4 is 24.3 Å². The molecule has 11 nitrogen and oxygen atoms in total. The van der Waals surface area contributed by atoms with Crippen LogP contribution in [-0.2, 0) is 16.0 Å². The van der Waals surface area contributed by atoms with E-state index in [9.17, 15) is 24.6 Å². The highest BCUT2D eigenvalue weighted by Gasteiger charge is 2.52. The molecule has 0 saturated heterocycles. The monoisotopic (exact) mass is 580 g/mol. The number of fused-ring (bicyclic) bond motifs is 3. The van der Waals surface area contributed by atoms with Crippen LogP contribution in [0.2, 0.25) is 0 Å². The molecule has 11 heteroatoms. The number of hydrogen-bond acceptors (Lipinski definition) is 9. The molecule has 2 amide bonds. The van der Waals surface area contributed by atoms with E-state index < -0.39 is 30.1 Å². The number of ether oxygens (including phenoxy) is 4. The molecule has 1 aliphatic heterocycles. The van der Waals surface area contributed by atoms with E-state index in [1.165, 1.54) is 13.2 Å². The van der Waals surface area contributed by atoms with E-state index in [0.29, 0.717) is 46.8 Å². The number of nitrogens with zero attached hydrogens (tertiary/aromatic N) is 1. The van der Waals surface area contributed by atoms with Gasteiger partial charge < -0.3 is 39.4 Å². The molecule has 2 aromatic carbocycles. The van der Waals surface area contributed by atoms with Crippen LogP contribution in [0.25, 0.3) is 0 Å². The summed E-state index contributed by atoms with van der Waals surface area (Å²) in [7, 11) is 4.59. The SMILES string of the molecule is COc1ccc(OC)c(CCN(C(=O)C2CC2)C2C=C(C(=O)NCCO)C3c4cc(C=O)cc(OC)c4OC3C2O)c1. The summed E-state index contributed by atoms with van der Waals surface area (Å²) in [6, 6.07) is 7.72. The summed E-state index contributed by atoms with van der Waals surface area (Å²) in [4.78, 5) is 40.5. The lowest BCUT2D eigenvalue weighted by molar-refractivity contribution is -0.138. The number of nitrogens with one attached hydrogen (secondary N) is 1. The van der Waals surface area contributed by atoms with E-state index in [1.807, 2.05) is 6.07 Å². The Kier molecular flexibility index (Phi) is 8.69. The van der Waals surface area contributed by atoms with Gasteiger partial charge in [-0.2, -0.15) is 0 Å². The molecule has 224 valence electrons. The summed E-state index contributed by atoms with van der Waals surface area (Å²) in [6.45, 7) is 0.00213. The number of aliphatic hydroxyl groups is 2. The van der Waals surface area contributed by atoms with Crippen LogP contribution >= 0.6 is 0 Å². The maximum absolute atomic E-state index is 13.7. The van der Waals surface area contributed by atoms with Crippen LogP contribution in [0.15, 0.2) is 42.0 Å². The molecule has 0 aromatic heterocycles. The second-order valence-electron chi connectivity index (χ2n) is 10.6. The second kappa shape index (κ2) is 12.4. The Balaban J connectivity index is 1.55. The van der Waals surface area contributed by atoms with Crippen LogP contribution in [-0.4, -0.2) is 92.5 Å². The van der Waals surface area contributed by atoms with Crippen LogP contribution in [0.1, 0.15) is 40.2 Å². The van der Waals surface area contributed by atoms with Crippen molar-refractivity contribution < 1.29 is 43.5 Å². The highest BCUT2D eigenvalue weighted by molar-refractivity contribution is 5.96. The van der Waals surface area contributed by atoms with Crippen molar-refractivity contribution in [2.24, 2.45) is 5.92 Å².